The number of hydrogen-bond donors (Lipinski definition) is 1. The number of allylic oxidation sites excluding steroid dienone is 1. The molecular formula is C4H4Cl2OS. The average Bonchev–Trinajstić information content (AvgIpc) is 1.67. The van der Waals surface area contributed by atoms with E-state index in [1.54, 1.807) is 0 Å². The van der Waals surface area contributed by atoms with Crippen LogP contribution in [0.2, 0.25) is 0 Å². The van der Waals surface area contributed by atoms with Crippen molar-refractivity contribution in [1.82, 2.24) is 0 Å². The quantitative estimate of drug-likeness (QED) is 0.381. The van der Waals surface area contributed by atoms with Gasteiger partial charge in [-0.15, -0.1) is 12.6 Å². The summed E-state index contributed by atoms with van der Waals surface area (Å²) < 4.78 is -1.52. The molecule has 0 spiro atoms. The van der Waals surface area contributed by atoms with Gasteiger partial charge in [0.05, 0.1) is 0 Å². The first-order valence-corrected chi connectivity index (χ1v) is 2.96. The van der Waals surface area contributed by atoms with E-state index in [-0.39, 0.29) is 0 Å². The minimum Gasteiger partial charge on any atom is -0.284 e. The highest BCUT2D eigenvalue weighted by atomic mass is 35.5. The predicted molar refractivity (Wildman–Crippen MR) is 38.6 cm³/mol. The van der Waals surface area contributed by atoms with E-state index in [9.17, 15) is 4.79 Å². The van der Waals surface area contributed by atoms with Crippen molar-refractivity contribution in [3.8, 4) is 0 Å². The lowest BCUT2D eigenvalue weighted by atomic mass is 10.4. The van der Waals surface area contributed by atoms with Gasteiger partial charge >= 0.3 is 0 Å². The fraction of sp³-hybridized carbons (Fsp3) is 0.250. The van der Waals surface area contributed by atoms with Crippen molar-refractivity contribution in [2.24, 2.45) is 0 Å². The number of carbonyl (C=O) groups is 1. The van der Waals surface area contributed by atoms with Gasteiger partial charge < -0.3 is 0 Å². The van der Waals surface area contributed by atoms with Gasteiger partial charge in [-0.2, -0.15) is 0 Å². The predicted octanol–water partition coefficient (Wildman–Crippen LogP) is 1.80. The van der Waals surface area contributed by atoms with Gasteiger partial charge in [0.1, 0.15) is 0 Å². The van der Waals surface area contributed by atoms with Crippen LogP contribution in [-0.2, 0) is 4.79 Å². The molecule has 0 heterocycles. The Balaban J connectivity index is 4.12. The Morgan fingerprint density at radius 3 is 2.12 bits per heavy atom. The van der Waals surface area contributed by atoms with Crippen LogP contribution in [0, 0.1) is 0 Å². The van der Waals surface area contributed by atoms with Crippen LogP contribution in [0.5, 0.6) is 0 Å². The summed E-state index contributed by atoms with van der Waals surface area (Å²) in [6.45, 7) is 3.22. The number of carbonyl (C=O) groups excluding carboxylic acids is 1. The minimum atomic E-state index is -1.52. The van der Waals surface area contributed by atoms with Gasteiger partial charge in [-0.1, -0.05) is 29.8 Å². The highest BCUT2D eigenvalue weighted by Crippen LogP contribution is 2.24. The molecule has 0 fully saturated rings. The molecule has 0 radical (unpaired) electrons. The van der Waals surface area contributed by atoms with Crippen LogP contribution in [0.25, 0.3) is 0 Å². The van der Waals surface area contributed by atoms with E-state index in [1.807, 2.05) is 0 Å². The van der Waals surface area contributed by atoms with Gasteiger partial charge in [-0.3, -0.25) is 4.79 Å². The van der Waals surface area contributed by atoms with Gasteiger partial charge in [-0.05, 0) is 6.08 Å². The molecule has 0 aliphatic heterocycles. The molecule has 0 amide bonds. The number of rotatable bonds is 2. The number of thiol groups is 1. The van der Waals surface area contributed by atoms with Gasteiger partial charge in [0.15, 0.2) is 0 Å². The topological polar surface area (TPSA) is 17.1 Å². The summed E-state index contributed by atoms with van der Waals surface area (Å²) in [5.74, 6) is 0. The van der Waals surface area contributed by atoms with E-state index in [0.29, 0.717) is 0 Å². The van der Waals surface area contributed by atoms with Crippen molar-refractivity contribution in [3.05, 3.63) is 12.7 Å². The lowest BCUT2D eigenvalue weighted by molar-refractivity contribution is -0.110. The summed E-state index contributed by atoms with van der Waals surface area (Å²) in [5, 5.41) is -0.615. The van der Waals surface area contributed by atoms with Gasteiger partial charge in [0.25, 0.3) is 0 Å². The Hall–Kier alpha value is 0.340. The molecule has 0 rings (SSSR count). The zero-order valence-corrected chi connectivity index (χ0v) is 6.30. The van der Waals surface area contributed by atoms with E-state index in [0.717, 1.165) is 6.08 Å². The van der Waals surface area contributed by atoms with Gasteiger partial charge in [-0.25, -0.2) is 0 Å². The average molecular weight is 171 g/mol. The second-order valence-corrected chi connectivity index (χ2v) is 2.92. The van der Waals surface area contributed by atoms with E-state index < -0.39 is 9.45 Å². The molecule has 46 valence electrons. The molecule has 0 saturated heterocycles. The zero-order chi connectivity index (χ0) is 6.78. The lowest BCUT2D eigenvalue weighted by Crippen LogP contribution is -2.16. The lowest BCUT2D eigenvalue weighted by Gasteiger charge is -2.05. The fourth-order valence-corrected chi connectivity index (χ4v) is 0.179. The zero-order valence-electron chi connectivity index (χ0n) is 3.90. The third-order valence-electron chi connectivity index (χ3n) is 0.542. The highest BCUT2D eigenvalue weighted by molar-refractivity contribution is 7.97. The summed E-state index contributed by atoms with van der Waals surface area (Å²) >= 11 is 13.9. The number of halogens is 2. The molecule has 0 saturated carbocycles. The van der Waals surface area contributed by atoms with Crippen molar-refractivity contribution in [2.75, 3.05) is 0 Å². The summed E-state index contributed by atoms with van der Waals surface area (Å²) in [6.07, 6.45) is 1.12. The molecule has 0 bridgehead atoms. The van der Waals surface area contributed by atoms with Crippen molar-refractivity contribution >= 4 is 40.9 Å². The van der Waals surface area contributed by atoms with Crippen molar-refractivity contribution in [1.29, 1.82) is 0 Å². The molecule has 0 aliphatic carbocycles. The first-order chi connectivity index (χ1) is 3.50. The standard InChI is InChI=1S/C4H4Cl2OS/c1-2-4(5,6)3(7)8/h2H,1H2,(H,7,8). The van der Waals surface area contributed by atoms with Crippen LogP contribution < -0.4 is 0 Å². The number of hydrogen-bond acceptors (Lipinski definition) is 1. The molecular weight excluding hydrogens is 167 g/mol. The molecule has 8 heavy (non-hydrogen) atoms. The monoisotopic (exact) mass is 170 g/mol. The Kier molecular flexibility index (Phi) is 2.88. The normalized spacial score (nSPS) is 10.9. The maximum absolute atomic E-state index is 10.2. The van der Waals surface area contributed by atoms with Gasteiger partial charge in [0, 0.05) is 0 Å². The Bertz CT molecular complexity index is 121. The highest BCUT2D eigenvalue weighted by Gasteiger charge is 2.25. The molecule has 0 aromatic rings. The van der Waals surface area contributed by atoms with Crippen LogP contribution in [0.4, 0.5) is 0 Å². The Labute approximate surface area is 63.1 Å². The van der Waals surface area contributed by atoms with E-state index >= 15 is 0 Å². The summed E-state index contributed by atoms with van der Waals surface area (Å²) in [5.41, 5.74) is 0. The maximum Gasteiger partial charge on any atom is 0.225 e. The number of alkyl halides is 2. The summed E-state index contributed by atoms with van der Waals surface area (Å²) in [4.78, 5) is 10.2. The van der Waals surface area contributed by atoms with Crippen molar-refractivity contribution in [2.45, 2.75) is 4.33 Å². The Morgan fingerprint density at radius 2 is 2.12 bits per heavy atom. The third kappa shape index (κ3) is 2.07. The van der Waals surface area contributed by atoms with Crippen LogP contribution in [0.3, 0.4) is 0 Å². The molecule has 1 nitrogen and oxygen atoms in total. The minimum absolute atomic E-state index is 0.615. The second kappa shape index (κ2) is 2.76. The molecule has 0 aromatic carbocycles. The van der Waals surface area contributed by atoms with Crippen LogP contribution in [-0.4, -0.2) is 9.45 Å². The third-order valence-corrected chi connectivity index (χ3v) is 1.81. The second-order valence-electron chi connectivity index (χ2n) is 1.13. The van der Waals surface area contributed by atoms with Crippen LogP contribution >= 0.6 is 35.8 Å². The summed E-state index contributed by atoms with van der Waals surface area (Å²) in [6, 6.07) is 0. The SMILES string of the molecule is C=CC(Cl)(Cl)C(=O)S. The van der Waals surface area contributed by atoms with Crippen molar-refractivity contribution < 1.29 is 4.79 Å². The van der Waals surface area contributed by atoms with Gasteiger partial charge in [0.2, 0.25) is 9.45 Å². The molecule has 0 unspecified atom stereocenters. The fourth-order valence-electron chi connectivity index (χ4n) is 0.0873. The van der Waals surface area contributed by atoms with E-state index in [2.05, 4.69) is 19.2 Å². The molecule has 0 N–H and O–H groups in total. The molecule has 0 aliphatic rings. The molecule has 0 aromatic heterocycles. The largest absolute Gasteiger partial charge is 0.284 e. The maximum atomic E-state index is 10.2. The molecule has 4 heteroatoms. The first kappa shape index (κ1) is 8.34. The Morgan fingerprint density at radius 1 is 1.75 bits per heavy atom. The molecule has 0 atom stereocenters. The van der Waals surface area contributed by atoms with E-state index in [1.165, 1.54) is 0 Å². The smallest absolute Gasteiger partial charge is 0.225 e. The summed E-state index contributed by atoms with van der Waals surface area (Å²) in [7, 11) is 0. The van der Waals surface area contributed by atoms with Crippen LogP contribution in [0.15, 0.2) is 12.7 Å². The van der Waals surface area contributed by atoms with E-state index in [4.69, 9.17) is 23.2 Å². The van der Waals surface area contributed by atoms with Crippen LogP contribution in [0.1, 0.15) is 0 Å². The first-order valence-electron chi connectivity index (χ1n) is 1.75. The van der Waals surface area contributed by atoms with Crippen molar-refractivity contribution in [3.63, 3.8) is 0 Å².